The molecule has 0 atom stereocenters. The monoisotopic (exact) mass is 394 g/mol. The number of carbonyl (C=O) groups is 1. The largest absolute Gasteiger partial charge is 0.497 e. The Balaban J connectivity index is 1.86. The van der Waals surface area contributed by atoms with E-state index >= 15 is 0 Å². The quantitative estimate of drug-likeness (QED) is 0.608. The summed E-state index contributed by atoms with van der Waals surface area (Å²) in [5.41, 5.74) is 2.33. The molecule has 6 heteroatoms. The van der Waals surface area contributed by atoms with Crippen molar-refractivity contribution in [1.82, 2.24) is 4.90 Å². The molecule has 1 N–H and O–H groups in total. The molecule has 0 unspecified atom stereocenters. The van der Waals surface area contributed by atoms with Crippen LogP contribution in [-0.4, -0.2) is 25.2 Å². The lowest BCUT2D eigenvalue weighted by Gasteiger charge is -2.24. The van der Waals surface area contributed by atoms with Crippen LogP contribution < -0.4 is 14.8 Å². The predicted molar refractivity (Wildman–Crippen MR) is 111 cm³/mol. The highest BCUT2D eigenvalue weighted by Crippen LogP contribution is 2.26. The Morgan fingerprint density at radius 3 is 2.31 bits per heavy atom. The van der Waals surface area contributed by atoms with Crippen molar-refractivity contribution < 1.29 is 18.7 Å². The lowest BCUT2D eigenvalue weighted by molar-refractivity contribution is 0.205. The number of urea groups is 1. The van der Waals surface area contributed by atoms with Gasteiger partial charge in [-0.15, -0.1) is 0 Å². The Morgan fingerprint density at radius 1 is 0.931 bits per heavy atom. The Labute approximate surface area is 169 Å². The van der Waals surface area contributed by atoms with E-state index in [1.807, 2.05) is 48.5 Å². The van der Waals surface area contributed by atoms with Crippen LogP contribution in [0.1, 0.15) is 11.1 Å². The van der Waals surface area contributed by atoms with Crippen LogP contribution in [-0.2, 0) is 13.1 Å². The number of benzene rings is 3. The molecule has 150 valence electrons. The van der Waals surface area contributed by atoms with Crippen molar-refractivity contribution in [3.05, 3.63) is 89.7 Å². The van der Waals surface area contributed by atoms with Gasteiger partial charge in [-0.3, -0.25) is 0 Å². The molecule has 0 aliphatic carbocycles. The van der Waals surface area contributed by atoms with E-state index in [2.05, 4.69) is 5.32 Å². The summed E-state index contributed by atoms with van der Waals surface area (Å²) in [4.78, 5) is 14.7. The Bertz CT molecular complexity index is 946. The summed E-state index contributed by atoms with van der Waals surface area (Å²) in [6, 6.07) is 20.5. The van der Waals surface area contributed by atoms with E-state index in [0.717, 1.165) is 11.1 Å². The summed E-state index contributed by atoms with van der Waals surface area (Å²) >= 11 is 0. The summed E-state index contributed by atoms with van der Waals surface area (Å²) in [6.45, 7) is 0.705. The van der Waals surface area contributed by atoms with Crippen molar-refractivity contribution in [3.8, 4) is 11.5 Å². The van der Waals surface area contributed by atoms with E-state index in [-0.39, 0.29) is 11.8 Å². The molecule has 5 nitrogen and oxygen atoms in total. The molecule has 0 heterocycles. The number of methoxy groups -OCH3 is 2. The lowest BCUT2D eigenvalue weighted by atomic mass is 10.1. The van der Waals surface area contributed by atoms with Crippen LogP contribution in [0.5, 0.6) is 11.5 Å². The zero-order valence-electron chi connectivity index (χ0n) is 16.4. The van der Waals surface area contributed by atoms with Crippen LogP contribution in [0.2, 0.25) is 0 Å². The van der Waals surface area contributed by atoms with Gasteiger partial charge in [-0.05, 0) is 48.0 Å². The molecule has 0 fully saturated rings. The minimum atomic E-state index is -0.356. The van der Waals surface area contributed by atoms with Gasteiger partial charge >= 0.3 is 6.03 Å². The Hall–Kier alpha value is -3.54. The molecule has 0 aliphatic rings. The number of halogens is 1. The molecular weight excluding hydrogens is 371 g/mol. The van der Waals surface area contributed by atoms with Crippen LogP contribution in [0.25, 0.3) is 0 Å². The van der Waals surface area contributed by atoms with E-state index < -0.39 is 0 Å². The first-order chi connectivity index (χ1) is 14.1. The minimum Gasteiger partial charge on any atom is -0.497 e. The highest BCUT2D eigenvalue weighted by Gasteiger charge is 2.18. The van der Waals surface area contributed by atoms with E-state index in [4.69, 9.17) is 9.47 Å². The second-order valence-electron chi connectivity index (χ2n) is 6.46. The van der Waals surface area contributed by atoms with Crippen molar-refractivity contribution in [2.75, 3.05) is 19.5 Å². The second-order valence-corrected chi connectivity index (χ2v) is 6.46. The molecule has 0 radical (unpaired) electrons. The zero-order chi connectivity index (χ0) is 20.6. The van der Waals surface area contributed by atoms with Crippen molar-refractivity contribution in [3.63, 3.8) is 0 Å². The van der Waals surface area contributed by atoms with E-state index in [0.29, 0.717) is 30.3 Å². The van der Waals surface area contributed by atoms with Crippen LogP contribution in [0.3, 0.4) is 0 Å². The summed E-state index contributed by atoms with van der Waals surface area (Å²) in [5, 5.41) is 2.82. The average molecular weight is 394 g/mol. The molecule has 0 spiro atoms. The molecule has 0 bridgehead atoms. The normalized spacial score (nSPS) is 10.3. The third-order valence-electron chi connectivity index (χ3n) is 4.45. The van der Waals surface area contributed by atoms with Crippen LogP contribution in [0.15, 0.2) is 72.8 Å². The van der Waals surface area contributed by atoms with Crippen molar-refractivity contribution in [2.24, 2.45) is 0 Å². The molecule has 3 aromatic carbocycles. The smallest absolute Gasteiger partial charge is 0.322 e. The molecular formula is C23H23FN2O3. The maximum atomic E-state index is 13.2. The fraction of sp³-hybridized carbons (Fsp3) is 0.174. The first-order valence-corrected chi connectivity index (χ1v) is 9.15. The fourth-order valence-corrected chi connectivity index (χ4v) is 2.95. The summed E-state index contributed by atoms with van der Waals surface area (Å²) in [7, 11) is 3.18. The van der Waals surface area contributed by atoms with E-state index in [1.165, 1.54) is 24.3 Å². The molecule has 29 heavy (non-hydrogen) atoms. The van der Waals surface area contributed by atoms with Gasteiger partial charge in [0.1, 0.15) is 17.3 Å². The van der Waals surface area contributed by atoms with Crippen molar-refractivity contribution in [1.29, 1.82) is 0 Å². The highest BCUT2D eigenvalue weighted by molar-refractivity contribution is 5.89. The number of nitrogens with one attached hydrogen (secondary N) is 1. The third-order valence-corrected chi connectivity index (χ3v) is 4.45. The van der Waals surface area contributed by atoms with E-state index in [9.17, 15) is 9.18 Å². The molecule has 0 saturated carbocycles. The number of amides is 2. The number of anilines is 1. The maximum absolute atomic E-state index is 13.2. The SMILES string of the molecule is COc1ccc(OC)c(CN(Cc2ccccc2)C(=O)Nc2ccc(F)cc2)c1. The number of hydrogen-bond donors (Lipinski definition) is 1. The van der Waals surface area contributed by atoms with Gasteiger partial charge in [0, 0.05) is 17.8 Å². The number of nitrogens with zero attached hydrogens (tertiary/aromatic N) is 1. The topological polar surface area (TPSA) is 50.8 Å². The second kappa shape index (κ2) is 9.59. The fourth-order valence-electron chi connectivity index (χ4n) is 2.95. The van der Waals surface area contributed by atoms with Gasteiger partial charge in [-0.2, -0.15) is 0 Å². The summed E-state index contributed by atoms with van der Waals surface area (Å²) in [5.74, 6) is 0.989. The van der Waals surface area contributed by atoms with Gasteiger partial charge in [0.25, 0.3) is 0 Å². The van der Waals surface area contributed by atoms with Crippen LogP contribution >= 0.6 is 0 Å². The first kappa shape index (κ1) is 20.2. The van der Waals surface area contributed by atoms with Gasteiger partial charge in [0.15, 0.2) is 0 Å². The Morgan fingerprint density at radius 2 is 1.66 bits per heavy atom. The standard InChI is InChI=1S/C23H23FN2O3/c1-28-21-12-13-22(29-2)18(14-21)16-26(15-17-6-4-3-5-7-17)23(27)25-20-10-8-19(24)9-11-20/h3-14H,15-16H2,1-2H3,(H,25,27). The molecule has 3 aromatic rings. The Kier molecular flexibility index (Phi) is 6.68. The molecule has 0 saturated heterocycles. The van der Waals surface area contributed by atoms with Gasteiger partial charge in [0.2, 0.25) is 0 Å². The van der Waals surface area contributed by atoms with Crippen molar-refractivity contribution in [2.45, 2.75) is 13.1 Å². The van der Waals surface area contributed by atoms with Crippen LogP contribution in [0, 0.1) is 5.82 Å². The number of rotatable bonds is 7. The third kappa shape index (κ3) is 5.48. The predicted octanol–water partition coefficient (Wildman–Crippen LogP) is 5.08. The van der Waals surface area contributed by atoms with Crippen molar-refractivity contribution >= 4 is 11.7 Å². The molecule has 2 amide bonds. The zero-order valence-corrected chi connectivity index (χ0v) is 16.4. The number of carbonyl (C=O) groups excluding carboxylic acids is 1. The van der Waals surface area contributed by atoms with Gasteiger partial charge < -0.3 is 19.7 Å². The van der Waals surface area contributed by atoms with Crippen LogP contribution in [0.4, 0.5) is 14.9 Å². The number of hydrogen-bond acceptors (Lipinski definition) is 3. The molecule has 3 rings (SSSR count). The van der Waals surface area contributed by atoms with Gasteiger partial charge in [-0.1, -0.05) is 30.3 Å². The summed E-state index contributed by atoms with van der Waals surface area (Å²) in [6.07, 6.45) is 0. The maximum Gasteiger partial charge on any atom is 0.322 e. The highest BCUT2D eigenvalue weighted by atomic mass is 19.1. The number of ether oxygens (including phenoxy) is 2. The first-order valence-electron chi connectivity index (χ1n) is 9.15. The molecule has 0 aromatic heterocycles. The summed E-state index contributed by atoms with van der Waals surface area (Å²) < 4.78 is 23.9. The lowest BCUT2D eigenvalue weighted by Crippen LogP contribution is -2.34. The van der Waals surface area contributed by atoms with Gasteiger partial charge in [0.05, 0.1) is 20.8 Å². The molecule has 0 aliphatic heterocycles. The minimum absolute atomic E-state index is 0.301. The van der Waals surface area contributed by atoms with E-state index in [1.54, 1.807) is 19.1 Å². The average Bonchev–Trinajstić information content (AvgIpc) is 2.75. The van der Waals surface area contributed by atoms with Gasteiger partial charge in [-0.25, -0.2) is 9.18 Å².